The number of nitrogens with one attached hydrogen (secondary N) is 1. The molecule has 1 N–H and O–H groups in total. The van der Waals surface area contributed by atoms with Gasteiger partial charge in [0.2, 0.25) is 0 Å². The first-order valence-corrected chi connectivity index (χ1v) is 6.61. The minimum Gasteiger partial charge on any atom is -0.309 e. The highest BCUT2D eigenvalue weighted by Gasteiger charge is 2.30. The Morgan fingerprint density at radius 3 is 2.27 bits per heavy atom. The van der Waals surface area contributed by atoms with Crippen LogP contribution in [-0.2, 0) is 0 Å². The summed E-state index contributed by atoms with van der Waals surface area (Å²) in [6.07, 6.45) is 5.62. The Bertz CT molecular complexity index is 195. The van der Waals surface area contributed by atoms with Crippen molar-refractivity contribution in [2.75, 3.05) is 20.1 Å². The number of hydrogen-bond donors (Lipinski definition) is 1. The summed E-state index contributed by atoms with van der Waals surface area (Å²) in [4.78, 5) is 2.44. The molecule has 1 saturated heterocycles. The summed E-state index contributed by atoms with van der Waals surface area (Å²) in [6, 6.07) is 1.53. The number of hydrogen-bond acceptors (Lipinski definition) is 2. The summed E-state index contributed by atoms with van der Waals surface area (Å²) < 4.78 is 0. The van der Waals surface area contributed by atoms with Crippen molar-refractivity contribution in [3.8, 4) is 0 Å². The predicted octanol–water partition coefficient (Wildman–Crippen LogP) is 2.10. The van der Waals surface area contributed by atoms with Crippen LogP contribution < -0.4 is 5.32 Å². The Morgan fingerprint density at radius 2 is 1.73 bits per heavy atom. The van der Waals surface area contributed by atoms with E-state index in [0.717, 1.165) is 23.9 Å². The number of rotatable bonds is 2. The van der Waals surface area contributed by atoms with E-state index in [4.69, 9.17) is 0 Å². The van der Waals surface area contributed by atoms with Gasteiger partial charge in [0.1, 0.15) is 0 Å². The van der Waals surface area contributed by atoms with E-state index in [1.54, 1.807) is 0 Å². The van der Waals surface area contributed by atoms with Crippen LogP contribution in [0.1, 0.15) is 39.5 Å². The third-order valence-corrected chi connectivity index (χ3v) is 4.36. The maximum absolute atomic E-state index is 3.91. The normalized spacial score (nSPS) is 39.8. The summed E-state index contributed by atoms with van der Waals surface area (Å²) in [5.41, 5.74) is 0. The lowest BCUT2D eigenvalue weighted by Gasteiger charge is -2.37. The van der Waals surface area contributed by atoms with Gasteiger partial charge in [0.25, 0.3) is 0 Å². The van der Waals surface area contributed by atoms with Crippen LogP contribution in [0.25, 0.3) is 0 Å². The lowest BCUT2D eigenvalue weighted by molar-refractivity contribution is 0.193. The third kappa shape index (κ3) is 2.73. The van der Waals surface area contributed by atoms with E-state index in [2.05, 4.69) is 31.1 Å². The van der Waals surface area contributed by atoms with Crippen LogP contribution >= 0.6 is 0 Å². The van der Waals surface area contributed by atoms with Gasteiger partial charge in [-0.2, -0.15) is 0 Å². The van der Waals surface area contributed by atoms with E-state index in [1.165, 1.54) is 38.8 Å². The Hall–Kier alpha value is -0.0800. The molecule has 0 aromatic rings. The van der Waals surface area contributed by atoms with Crippen molar-refractivity contribution < 1.29 is 0 Å². The molecule has 0 unspecified atom stereocenters. The topological polar surface area (TPSA) is 15.3 Å². The van der Waals surface area contributed by atoms with E-state index in [0.29, 0.717) is 0 Å². The SMILES string of the molecule is C[C@@H]1CCC[C@@H](C)C1N[C@@H]1CCN(C)C1. The van der Waals surface area contributed by atoms with Crippen molar-refractivity contribution in [3.05, 3.63) is 0 Å². The van der Waals surface area contributed by atoms with Gasteiger partial charge in [-0.1, -0.05) is 20.3 Å². The molecule has 0 aromatic heterocycles. The summed E-state index contributed by atoms with van der Waals surface area (Å²) in [6.45, 7) is 7.36. The van der Waals surface area contributed by atoms with Crippen LogP contribution in [0.4, 0.5) is 0 Å². The molecule has 15 heavy (non-hydrogen) atoms. The first kappa shape index (κ1) is 11.4. The van der Waals surface area contributed by atoms with Gasteiger partial charge in [0.05, 0.1) is 0 Å². The van der Waals surface area contributed by atoms with E-state index in [-0.39, 0.29) is 0 Å². The van der Waals surface area contributed by atoms with Gasteiger partial charge in [-0.15, -0.1) is 0 Å². The van der Waals surface area contributed by atoms with E-state index < -0.39 is 0 Å². The molecule has 0 spiro atoms. The highest BCUT2D eigenvalue weighted by molar-refractivity contribution is 4.89. The highest BCUT2D eigenvalue weighted by Crippen LogP contribution is 2.29. The van der Waals surface area contributed by atoms with Crippen LogP contribution in [0, 0.1) is 11.8 Å². The van der Waals surface area contributed by atoms with Crippen LogP contribution in [-0.4, -0.2) is 37.1 Å². The molecule has 2 nitrogen and oxygen atoms in total. The first-order chi connectivity index (χ1) is 7.16. The monoisotopic (exact) mass is 210 g/mol. The van der Waals surface area contributed by atoms with Gasteiger partial charge in [0.15, 0.2) is 0 Å². The molecule has 1 aliphatic carbocycles. The van der Waals surface area contributed by atoms with Gasteiger partial charge < -0.3 is 10.2 Å². The molecule has 0 radical (unpaired) electrons. The average Bonchev–Trinajstić information content (AvgIpc) is 2.58. The molecule has 1 heterocycles. The minimum atomic E-state index is 0.753. The predicted molar refractivity (Wildman–Crippen MR) is 65.0 cm³/mol. The largest absolute Gasteiger partial charge is 0.309 e. The lowest BCUT2D eigenvalue weighted by Crippen LogP contribution is -2.48. The molecule has 0 aromatic carbocycles. The van der Waals surface area contributed by atoms with Crippen molar-refractivity contribution in [1.29, 1.82) is 0 Å². The summed E-state index contributed by atoms with van der Waals surface area (Å²) in [7, 11) is 2.23. The Labute approximate surface area is 94.4 Å². The van der Waals surface area contributed by atoms with Gasteiger partial charge >= 0.3 is 0 Å². The smallest absolute Gasteiger partial charge is 0.0209 e. The quantitative estimate of drug-likeness (QED) is 0.751. The minimum absolute atomic E-state index is 0.753. The molecule has 2 aliphatic rings. The zero-order chi connectivity index (χ0) is 10.8. The summed E-state index contributed by atoms with van der Waals surface area (Å²) in [5.74, 6) is 1.75. The van der Waals surface area contributed by atoms with E-state index in [1.807, 2.05) is 0 Å². The molecular formula is C13H26N2. The number of likely N-dealkylation sites (N-methyl/N-ethyl adjacent to an activating group) is 1. The maximum Gasteiger partial charge on any atom is 0.0209 e. The van der Waals surface area contributed by atoms with Crippen LogP contribution in [0.15, 0.2) is 0 Å². The van der Waals surface area contributed by atoms with Crippen molar-refractivity contribution >= 4 is 0 Å². The Morgan fingerprint density at radius 1 is 1.07 bits per heavy atom. The fourth-order valence-electron chi connectivity index (χ4n) is 3.35. The Kier molecular flexibility index (Phi) is 3.68. The maximum atomic E-state index is 3.91. The van der Waals surface area contributed by atoms with Crippen molar-refractivity contribution in [3.63, 3.8) is 0 Å². The van der Waals surface area contributed by atoms with E-state index >= 15 is 0 Å². The van der Waals surface area contributed by atoms with Gasteiger partial charge in [-0.25, -0.2) is 0 Å². The van der Waals surface area contributed by atoms with Gasteiger partial charge in [0, 0.05) is 18.6 Å². The fraction of sp³-hybridized carbons (Fsp3) is 1.00. The molecule has 88 valence electrons. The molecule has 2 rings (SSSR count). The Balaban J connectivity index is 1.86. The zero-order valence-electron chi connectivity index (χ0n) is 10.5. The lowest BCUT2D eigenvalue weighted by atomic mass is 9.78. The molecule has 0 amide bonds. The molecule has 3 atom stereocenters. The summed E-state index contributed by atoms with van der Waals surface area (Å²) >= 11 is 0. The fourth-order valence-corrected chi connectivity index (χ4v) is 3.35. The highest BCUT2D eigenvalue weighted by atomic mass is 15.2. The van der Waals surface area contributed by atoms with Crippen molar-refractivity contribution in [1.82, 2.24) is 10.2 Å². The molecule has 0 bridgehead atoms. The second-order valence-corrected chi connectivity index (χ2v) is 5.83. The standard InChI is InChI=1S/C13H26N2/c1-10-5-4-6-11(2)13(10)14-12-7-8-15(3)9-12/h10-14H,4-9H2,1-3H3/t10-,11-,12-/m1/s1. The van der Waals surface area contributed by atoms with Gasteiger partial charge in [-0.05, 0) is 44.7 Å². The molecule has 2 fully saturated rings. The second kappa shape index (κ2) is 4.84. The zero-order valence-corrected chi connectivity index (χ0v) is 10.5. The molecule has 1 aliphatic heterocycles. The van der Waals surface area contributed by atoms with Crippen LogP contribution in [0.5, 0.6) is 0 Å². The molecule has 1 saturated carbocycles. The first-order valence-electron chi connectivity index (χ1n) is 6.61. The number of nitrogens with zero attached hydrogens (tertiary/aromatic N) is 1. The van der Waals surface area contributed by atoms with Crippen LogP contribution in [0.3, 0.4) is 0 Å². The number of likely N-dealkylation sites (tertiary alicyclic amines) is 1. The van der Waals surface area contributed by atoms with Crippen molar-refractivity contribution in [2.24, 2.45) is 11.8 Å². The van der Waals surface area contributed by atoms with E-state index in [9.17, 15) is 0 Å². The van der Waals surface area contributed by atoms with Crippen LogP contribution in [0.2, 0.25) is 0 Å². The molecule has 2 heteroatoms. The van der Waals surface area contributed by atoms with Gasteiger partial charge in [-0.3, -0.25) is 0 Å². The average molecular weight is 210 g/mol. The van der Waals surface area contributed by atoms with Crippen molar-refractivity contribution in [2.45, 2.75) is 51.6 Å². The third-order valence-electron chi connectivity index (χ3n) is 4.36. The summed E-state index contributed by atoms with van der Waals surface area (Å²) in [5, 5.41) is 3.91. The second-order valence-electron chi connectivity index (χ2n) is 5.83. The molecular weight excluding hydrogens is 184 g/mol.